The molecule has 1 aromatic carbocycles. The molecule has 0 aliphatic heterocycles. The number of ketones is 1. The Balaban J connectivity index is 2.66. The second-order valence-corrected chi connectivity index (χ2v) is 4.02. The summed E-state index contributed by atoms with van der Waals surface area (Å²) >= 11 is 0. The summed E-state index contributed by atoms with van der Waals surface area (Å²) in [7, 11) is 0. The van der Waals surface area contributed by atoms with Crippen LogP contribution in [0.15, 0.2) is 30.3 Å². The monoisotopic (exact) mass is 297 g/mol. The highest BCUT2D eigenvalue weighted by Gasteiger charge is 2.30. The van der Waals surface area contributed by atoms with Crippen LogP contribution in [0.4, 0.5) is 9.18 Å². The average Bonchev–Trinajstić information content (AvgIpc) is 2.54. The van der Waals surface area contributed by atoms with Crippen molar-refractivity contribution in [1.29, 1.82) is 1.43 Å². The lowest BCUT2D eigenvalue weighted by molar-refractivity contribution is -0.120. The molecule has 2 N–H and O–H groups in total. The van der Waals surface area contributed by atoms with E-state index in [1.807, 2.05) is 0 Å². The van der Waals surface area contributed by atoms with E-state index in [4.69, 9.17) is 11.7 Å². The molecule has 21 heavy (non-hydrogen) atoms. The lowest BCUT2D eigenvalue weighted by atomic mass is 10.1. The third-order valence-corrected chi connectivity index (χ3v) is 2.50. The van der Waals surface area contributed by atoms with E-state index in [0.717, 1.165) is 5.56 Å². The van der Waals surface area contributed by atoms with Gasteiger partial charge in [0.1, 0.15) is 25.4 Å². The Labute approximate surface area is 121 Å². The Hall–Kier alpha value is -2.57. The van der Waals surface area contributed by atoms with E-state index >= 15 is 0 Å². The van der Waals surface area contributed by atoms with Crippen LogP contribution in [-0.4, -0.2) is 48.2 Å². The van der Waals surface area contributed by atoms with E-state index in [9.17, 15) is 14.0 Å². The summed E-state index contributed by atoms with van der Waals surface area (Å²) < 4.78 is 24.3. The summed E-state index contributed by atoms with van der Waals surface area (Å²) in [6.07, 6.45) is -2.07. The standard InChI is InChI=1S/C13H14FN3O4/c14-6-10(18)12(11(19)7-16-15)17-13(20)21-8-9-4-2-1-3-5-9/h1-5,7,10,12,18H,6,8H2,(H,17,20)/t10-,12+/m1/s1/i18T. The number of ether oxygens (including phenoxy) is 1. The number of hydrogen-bond acceptors (Lipinski definition) is 4. The number of benzene rings is 1. The highest BCUT2D eigenvalue weighted by Crippen LogP contribution is 2.02. The van der Waals surface area contributed by atoms with Gasteiger partial charge in [-0.05, 0) is 5.56 Å². The van der Waals surface area contributed by atoms with Crippen molar-refractivity contribution in [2.45, 2.75) is 18.8 Å². The van der Waals surface area contributed by atoms with Gasteiger partial charge in [0.25, 0.3) is 5.78 Å². The molecule has 0 unspecified atom stereocenters. The topological polar surface area (TPSA) is 112 Å². The molecule has 7 nitrogen and oxygen atoms in total. The fourth-order valence-corrected chi connectivity index (χ4v) is 1.47. The van der Waals surface area contributed by atoms with Gasteiger partial charge in [0.2, 0.25) is 1.43 Å². The molecule has 1 amide bonds. The van der Waals surface area contributed by atoms with E-state index < -0.39 is 30.7 Å². The molecule has 0 heterocycles. The second kappa shape index (κ2) is 8.57. The first-order valence-corrected chi connectivity index (χ1v) is 5.98. The zero-order valence-electron chi connectivity index (χ0n) is 11.9. The van der Waals surface area contributed by atoms with Gasteiger partial charge in [0.15, 0.2) is 0 Å². The number of nitrogens with one attached hydrogen (secondary N) is 1. The number of hydrogen-bond donors (Lipinski definition) is 2. The predicted molar refractivity (Wildman–Crippen MR) is 70.2 cm³/mol. The van der Waals surface area contributed by atoms with Crippen LogP contribution in [0.1, 0.15) is 5.56 Å². The van der Waals surface area contributed by atoms with Crippen molar-refractivity contribution in [2.24, 2.45) is 0 Å². The van der Waals surface area contributed by atoms with Gasteiger partial charge in [0.05, 0.1) is 0 Å². The van der Waals surface area contributed by atoms with Gasteiger partial charge in [-0.1, -0.05) is 30.3 Å². The summed E-state index contributed by atoms with van der Waals surface area (Å²) in [5, 5.41) is 6.11. The number of aliphatic hydroxyl groups is 1. The third-order valence-electron chi connectivity index (χ3n) is 2.50. The number of alkyl halides is 1. The summed E-state index contributed by atoms with van der Waals surface area (Å²) in [6, 6.07) is 7.23. The summed E-state index contributed by atoms with van der Waals surface area (Å²) in [4.78, 5) is 25.7. The maximum Gasteiger partial charge on any atom is 0.408 e. The highest BCUT2D eigenvalue weighted by atomic mass is 19.1. The number of aliphatic hydroxyl groups excluding tert-OH is 1. The molecule has 0 aromatic heterocycles. The van der Waals surface area contributed by atoms with Crippen molar-refractivity contribution in [3.8, 4) is 0 Å². The molecular weight excluding hydrogens is 281 g/mol. The van der Waals surface area contributed by atoms with Crippen LogP contribution in [0, 0.1) is 0 Å². The van der Waals surface area contributed by atoms with E-state index in [1.54, 1.807) is 30.3 Å². The predicted octanol–water partition coefficient (Wildman–Crippen LogP) is 0.481. The Bertz CT molecular complexity index is 547. The van der Waals surface area contributed by atoms with Crippen molar-refractivity contribution in [1.82, 2.24) is 5.32 Å². The van der Waals surface area contributed by atoms with Gasteiger partial charge in [0, 0.05) is 0 Å². The van der Waals surface area contributed by atoms with Crippen molar-refractivity contribution in [3.05, 3.63) is 41.4 Å². The van der Waals surface area contributed by atoms with E-state index in [0.29, 0.717) is 6.21 Å². The number of amides is 1. The van der Waals surface area contributed by atoms with Crippen molar-refractivity contribution < 1.29 is 28.6 Å². The van der Waals surface area contributed by atoms with E-state index in [2.05, 4.69) is 15.2 Å². The Kier molecular flexibility index (Phi) is 6.05. The van der Waals surface area contributed by atoms with Gasteiger partial charge in [-0.15, -0.1) is 0 Å². The number of nitrogens with zero attached hydrogens (tertiary/aromatic N) is 2. The zero-order chi connectivity index (χ0) is 16.4. The average molecular weight is 297 g/mol. The summed E-state index contributed by atoms with van der Waals surface area (Å²) in [5.74, 6) is -0.936. The number of halogens is 1. The van der Waals surface area contributed by atoms with Crippen LogP contribution < -0.4 is 5.32 Å². The van der Waals surface area contributed by atoms with Crippen LogP contribution >= 0.6 is 0 Å². The third kappa shape index (κ3) is 5.52. The molecule has 8 heteroatoms. The van der Waals surface area contributed by atoms with Crippen molar-refractivity contribution in [2.75, 3.05) is 6.67 Å². The Morgan fingerprint density at radius 1 is 1.52 bits per heavy atom. The first-order chi connectivity index (χ1) is 10.6. The SMILES string of the molecule is [3H]O[C@H](CF)[C@H](NC(=O)OCc1ccccc1)C(=O)C=[N+]=[N-]. The van der Waals surface area contributed by atoms with Gasteiger partial charge in [-0.25, -0.2) is 9.18 Å². The quantitative estimate of drug-likeness (QED) is 0.413. The molecule has 0 aliphatic rings. The van der Waals surface area contributed by atoms with E-state index in [-0.39, 0.29) is 6.61 Å². The van der Waals surface area contributed by atoms with Gasteiger partial charge in [-0.3, -0.25) is 4.79 Å². The zero-order valence-corrected chi connectivity index (χ0v) is 10.9. The molecule has 112 valence electrons. The maximum atomic E-state index is 12.7. The van der Waals surface area contributed by atoms with Crippen LogP contribution in [0.2, 0.25) is 0 Å². The lowest BCUT2D eigenvalue weighted by Gasteiger charge is -2.17. The van der Waals surface area contributed by atoms with Gasteiger partial charge >= 0.3 is 12.3 Å². The van der Waals surface area contributed by atoms with E-state index in [1.165, 1.54) is 0 Å². The summed E-state index contributed by atoms with van der Waals surface area (Å²) in [6.45, 7) is -1.25. The van der Waals surface area contributed by atoms with Crippen LogP contribution in [0.25, 0.3) is 5.53 Å². The minimum Gasteiger partial charge on any atom is -0.445 e. The molecule has 0 bridgehead atoms. The fraction of sp³-hybridized carbons (Fsp3) is 0.308. The first-order valence-electron chi connectivity index (χ1n) is 6.39. The number of rotatable bonds is 8. The Morgan fingerprint density at radius 2 is 2.24 bits per heavy atom. The molecule has 0 fully saturated rings. The van der Waals surface area contributed by atoms with Crippen LogP contribution in [0.5, 0.6) is 0 Å². The summed E-state index contributed by atoms with van der Waals surface area (Å²) in [5.41, 5.74) is 9.04. The molecule has 0 saturated carbocycles. The number of carbonyl (C=O) groups is 2. The molecule has 0 spiro atoms. The molecule has 1 aromatic rings. The van der Waals surface area contributed by atoms with Crippen LogP contribution in [-0.2, 0) is 16.1 Å². The highest BCUT2D eigenvalue weighted by molar-refractivity contribution is 6.28. The maximum absolute atomic E-state index is 12.7. The molecule has 0 aliphatic carbocycles. The lowest BCUT2D eigenvalue weighted by Crippen LogP contribution is -2.50. The van der Waals surface area contributed by atoms with Crippen molar-refractivity contribution >= 4 is 18.1 Å². The normalized spacial score (nSPS) is 13.3. The van der Waals surface area contributed by atoms with Gasteiger partial charge < -0.3 is 20.7 Å². The number of carbonyl (C=O) groups excluding carboxylic acids is 2. The fourth-order valence-electron chi connectivity index (χ4n) is 1.47. The molecule has 0 saturated heterocycles. The smallest absolute Gasteiger partial charge is 0.408 e. The number of Topliss-reactive ketones (excluding diaryl/α,β-unsaturated/α-hetero) is 1. The molecule has 0 radical (unpaired) electrons. The molecule has 2 atom stereocenters. The second-order valence-electron chi connectivity index (χ2n) is 4.02. The minimum atomic E-state index is -1.55. The largest absolute Gasteiger partial charge is 0.445 e. The van der Waals surface area contributed by atoms with Crippen molar-refractivity contribution in [3.63, 3.8) is 0 Å². The first kappa shape index (κ1) is 14.8. The molecule has 1 rings (SSSR count). The van der Waals surface area contributed by atoms with Gasteiger partial charge in [-0.2, -0.15) is 4.79 Å². The molecular formula is C13H14FN3O4. The minimum absolute atomic E-state index is 0.0519. The van der Waals surface area contributed by atoms with Crippen LogP contribution in [0.3, 0.4) is 0 Å². The Morgan fingerprint density at radius 3 is 2.81 bits per heavy atom. The number of alkyl carbamates (subject to hydrolysis) is 1.